The van der Waals surface area contributed by atoms with Crippen molar-refractivity contribution in [2.45, 2.75) is 65.2 Å². The molecule has 1 aromatic carbocycles. The normalized spacial score (nSPS) is 15.0. The van der Waals surface area contributed by atoms with Crippen LogP contribution in [0.25, 0.3) is 6.08 Å². The van der Waals surface area contributed by atoms with Crippen molar-refractivity contribution in [3.63, 3.8) is 0 Å². The second-order valence-electron chi connectivity index (χ2n) is 6.73. The van der Waals surface area contributed by atoms with Crippen LogP contribution >= 0.6 is 7.60 Å². The van der Waals surface area contributed by atoms with Gasteiger partial charge in [0, 0.05) is 0 Å². The first kappa shape index (κ1) is 22.6. The van der Waals surface area contributed by atoms with E-state index in [1.807, 2.05) is 6.07 Å². The number of carbonyl (C=O) groups excluding carboxylic acids is 1. The summed E-state index contributed by atoms with van der Waals surface area (Å²) in [5.41, 5.74) is 0.712. The third-order valence-corrected chi connectivity index (χ3v) is 5.63. The molecule has 0 spiro atoms. The summed E-state index contributed by atoms with van der Waals surface area (Å²) >= 11 is 0. The first-order valence-electron chi connectivity index (χ1n) is 8.65. The molecule has 0 radical (unpaired) electrons. The smallest absolute Gasteiger partial charge is 0.378 e. The summed E-state index contributed by atoms with van der Waals surface area (Å²) in [6, 6.07) is 9.01. The molecule has 0 amide bonds. The number of carbonyl (C=O) groups is 1. The van der Waals surface area contributed by atoms with Crippen LogP contribution in [0.1, 0.15) is 47.1 Å². The van der Waals surface area contributed by atoms with Gasteiger partial charge in [0.25, 0.3) is 5.34 Å². The maximum absolute atomic E-state index is 13.5. The van der Waals surface area contributed by atoms with E-state index in [4.69, 9.17) is 13.8 Å². The van der Waals surface area contributed by atoms with Crippen LogP contribution in [0.3, 0.4) is 0 Å². The zero-order valence-electron chi connectivity index (χ0n) is 16.2. The Morgan fingerprint density at radius 2 is 1.50 bits per heavy atom. The topological polar surface area (TPSA) is 82.1 Å². The molecule has 0 saturated carbocycles. The average molecular weight is 384 g/mol. The van der Waals surface area contributed by atoms with Gasteiger partial charge in [0.15, 0.2) is 0 Å². The average Bonchev–Trinajstić information content (AvgIpc) is 2.51. The molecular formula is C19H29O6P. The summed E-state index contributed by atoms with van der Waals surface area (Å²) in [6.07, 6.45) is 1.03. The summed E-state index contributed by atoms with van der Waals surface area (Å²) in [6.45, 7) is 9.85. The number of esters is 1. The summed E-state index contributed by atoms with van der Waals surface area (Å²) in [7, 11) is -4.31. The molecule has 6 nitrogen and oxygen atoms in total. The predicted molar refractivity (Wildman–Crippen MR) is 102 cm³/mol. The Morgan fingerprint density at radius 1 is 1.00 bits per heavy atom. The number of hydrogen-bond acceptors (Lipinski definition) is 6. The zero-order valence-corrected chi connectivity index (χ0v) is 17.1. The summed E-state index contributed by atoms with van der Waals surface area (Å²) in [4.78, 5) is 12.7. The summed E-state index contributed by atoms with van der Waals surface area (Å²) in [5.74, 6) is -1.08. The van der Waals surface area contributed by atoms with Gasteiger partial charge in [0.1, 0.15) is 0 Å². The first-order valence-corrected chi connectivity index (χ1v) is 10.2. The van der Waals surface area contributed by atoms with Crippen LogP contribution < -0.4 is 0 Å². The highest BCUT2D eigenvalue weighted by atomic mass is 31.2. The van der Waals surface area contributed by atoms with Gasteiger partial charge in [-0.05, 0) is 53.2 Å². The van der Waals surface area contributed by atoms with E-state index in [2.05, 4.69) is 0 Å². The van der Waals surface area contributed by atoms with Crippen molar-refractivity contribution in [2.24, 2.45) is 0 Å². The van der Waals surface area contributed by atoms with E-state index in [0.29, 0.717) is 5.56 Å². The Hall–Kier alpha value is -1.46. The van der Waals surface area contributed by atoms with Crippen LogP contribution in [0.15, 0.2) is 36.4 Å². The van der Waals surface area contributed by atoms with Crippen LogP contribution in [0.5, 0.6) is 0 Å². The van der Waals surface area contributed by atoms with Gasteiger partial charge >= 0.3 is 13.6 Å². The summed E-state index contributed by atoms with van der Waals surface area (Å²) in [5, 5.41) is 8.56. The highest BCUT2D eigenvalue weighted by Crippen LogP contribution is 2.61. The van der Waals surface area contributed by atoms with Gasteiger partial charge in [0.2, 0.25) is 0 Å². The van der Waals surface area contributed by atoms with E-state index in [9.17, 15) is 14.5 Å². The van der Waals surface area contributed by atoms with Crippen LogP contribution in [0.4, 0.5) is 0 Å². The van der Waals surface area contributed by atoms with Gasteiger partial charge < -0.3 is 18.9 Å². The first-order chi connectivity index (χ1) is 12.0. The molecule has 0 saturated heterocycles. The van der Waals surface area contributed by atoms with Crippen molar-refractivity contribution in [2.75, 3.05) is 0 Å². The minimum Gasteiger partial charge on any atom is -0.460 e. The number of benzene rings is 1. The van der Waals surface area contributed by atoms with E-state index in [1.54, 1.807) is 65.8 Å². The van der Waals surface area contributed by atoms with Gasteiger partial charge in [0.05, 0.1) is 18.3 Å². The Kier molecular flexibility index (Phi) is 8.22. The molecule has 0 heterocycles. The van der Waals surface area contributed by atoms with Crippen LogP contribution in [-0.4, -0.2) is 34.7 Å². The third kappa shape index (κ3) is 6.06. The molecule has 1 aromatic rings. The molecular weight excluding hydrogens is 355 g/mol. The molecule has 0 aliphatic rings. The molecule has 0 unspecified atom stereocenters. The lowest BCUT2D eigenvalue weighted by molar-refractivity contribution is -0.159. The minimum atomic E-state index is -4.31. The monoisotopic (exact) mass is 384 g/mol. The molecule has 146 valence electrons. The standard InChI is InChI=1S/C19H29O6P/c1-14(2)23-18(20)19(21,13-12-17-10-8-7-9-11-17)26(22,24-15(3)4)25-16(5)6/h7-16,21H,1-6H3/b13-12+/t19-/m0/s1. The molecule has 1 atom stereocenters. The SMILES string of the molecule is CC(C)OC(=O)[C@](O)(/C=C/c1ccccc1)P(=O)(OC(C)C)OC(C)C. The van der Waals surface area contributed by atoms with Crippen molar-refractivity contribution < 1.29 is 28.3 Å². The van der Waals surface area contributed by atoms with Crippen LogP contribution in [0.2, 0.25) is 0 Å². The number of ether oxygens (including phenoxy) is 1. The molecule has 0 aliphatic heterocycles. The van der Waals surface area contributed by atoms with Crippen molar-refractivity contribution in [1.82, 2.24) is 0 Å². The van der Waals surface area contributed by atoms with Gasteiger partial charge in [-0.1, -0.05) is 36.4 Å². The van der Waals surface area contributed by atoms with E-state index in [1.165, 1.54) is 6.08 Å². The van der Waals surface area contributed by atoms with E-state index >= 15 is 0 Å². The minimum absolute atomic E-state index is 0.509. The molecule has 0 bridgehead atoms. The Morgan fingerprint density at radius 3 is 1.92 bits per heavy atom. The highest BCUT2D eigenvalue weighted by Gasteiger charge is 2.57. The third-order valence-electron chi connectivity index (χ3n) is 3.07. The van der Waals surface area contributed by atoms with Gasteiger partial charge in [-0.2, -0.15) is 0 Å². The van der Waals surface area contributed by atoms with Crippen LogP contribution in [0, 0.1) is 0 Å². The molecule has 0 aromatic heterocycles. The molecule has 26 heavy (non-hydrogen) atoms. The van der Waals surface area contributed by atoms with Crippen molar-refractivity contribution in [3.8, 4) is 0 Å². The predicted octanol–water partition coefficient (Wildman–Crippen LogP) is 4.38. The molecule has 1 N–H and O–H groups in total. The Balaban J connectivity index is 3.42. The second-order valence-corrected chi connectivity index (χ2v) is 8.83. The Bertz CT molecular complexity index is 639. The van der Waals surface area contributed by atoms with Crippen molar-refractivity contribution in [1.29, 1.82) is 0 Å². The number of aliphatic hydroxyl groups is 1. The van der Waals surface area contributed by atoms with E-state index in [-0.39, 0.29) is 0 Å². The van der Waals surface area contributed by atoms with Gasteiger partial charge in [-0.15, -0.1) is 0 Å². The van der Waals surface area contributed by atoms with Crippen molar-refractivity contribution in [3.05, 3.63) is 42.0 Å². The largest absolute Gasteiger partial charge is 0.460 e. The highest BCUT2D eigenvalue weighted by molar-refractivity contribution is 7.56. The molecule has 0 fully saturated rings. The number of hydrogen-bond donors (Lipinski definition) is 1. The Labute approximate surface area is 155 Å². The molecule has 7 heteroatoms. The number of rotatable bonds is 9. The van der Waals surface area contributed by atoms with Gasteiger partial charge in [-0.3, -0.25) is 4.57 Å². The lowest BCUT2D eigenvalue weighted by Crippen LogP contribution is -2.41. The fourth-order valence-electron chi connectivity index (χ4n) is 2.09. The fourth-order valence-corrected chi connectivity index (χ4v) is 4.10. The van der Waals surface area contributed by atoms with E-state index in [0.717, 1.165) is 6.08 Å². The van der Waals surface area contributed by atoms with Crippen molar-refractivity contribution >= 4 is 19.6 Å². The zero-order chi connectivity index (χ0) is 20.0. The maximum Gasteiger partial charge on any atom is 0.378 e. The fraction of sp³-hybridized carbons (Fsp3) is 0.526. The quantitative estimate of drug-likeness (QED) is 0.502. The molecule has 1 rings (SSSR count). The van der Waals surface area contributed by atoms with Crippen LogP contribution in [-0.2, 0) is 23.1 Å². The van der Waals surface area contributed by atoms with Gasteiger partial charge in [-0.25, -0.2) is 4.79 Å². The lowest BCUT2D eigenvalue weighted by Gasteiger charge is -2.33. The van der Waals surface area contributed by atoms with E-state index < -0.39 is 37.2 Å². The second kappa shape index (κ2) is 9.47. The molecule has 0 aliphatic carbocycles. The lowest BCUT2D eigenvalue weighted by atomic mass is 10.2. The summed E-state index contributed by atoms with van der Waals surface area (Å²) < 4.78 is 29.5. The maximum atomic E-state index is 13.5.